The van der Waals surface area contributed by atoms with Gasteiger partial charge in [-0.25, -0.2) is 4.39 Å². The summed E-state index contributed by atoms with van der Waals surface area (Å²) < 4.78 is 70.0. The minimum absolute atomic E-state index is 0.138. The Morgan fingerprint density at radius 1 is 1.14 bits per heavy atom. The number of morpholine rings is 1. The molecule has 3 aromatic rings. The van der Waals surface area contributed by atoms with Crippen LogP contribution in [0.1, 0.15) is 47.4 Å². The van der Waals surface area contributed by atoms with Crippen LogP contribution in [0.15, 0.2) is 60.9 Å². The number of aromatic nitrogens is 1. The molecule has 7 nitrogen and oxygen atoms in total. The highest BCUT2D eigenvalue weighted by Crippen LogP contribution is 2.34. The standard InChI is InChI=1S/C32H34ClF4N3O4/c33-23-6-4-20(5-7-23)29(21-2-1-3-24(14-21)44-32(35,36)37)30(38)28(41)15-22-16-39-18-27(34)26(22)9-8-25-17-40-19-31(43-25)10-12-42-13-11-31/h1-7,14,16,18,25,29-30,40H,8-13,15,17,19,38H2/t25-,29+,30-/m1/s1. The third-order valence-electron chi connectivity index (χ3n) is 8.23. The Kier molecular flexibility index (Phi) is 10.2. The minimum atomic E-state index is -4.89. The average molecular weight is 636 g/mol. The topological polar surface area (TPSA) is 95.7 Å². The van der Waals surface area contributed by atoms with Crippen molar-refractivity contribution < 1.29 is 36.6 Å². The highest BCUT2D eigenvalue weighted by Gasteiger charge is 2.39. The lowest BCUT2D eigenvalue weighted by molar-refractivity contribution is -0.274. The molecule has 1 aromatic heterocycles. The number of ether oxygens (including phenoxy) is 3. The Morgan fingerprint density at radius 2 is 1.89 bits per heavy atom. The maximum atomic E-state index is 15.1. The van der Waals surface area contributed by atoms with Crippen LogP contribution in [-0.2, 0) is 27.1 Å². The number of carbonyl (C=O) groups excluding carboxylic acids is 1. The fourth-order valence-corrected chi connectivity index (χ4v) is 6.14. The molecule has 236 valence electrons. The molecule has 2 aromatic carbocycles. The van der Waals surface area contributed by atoms with Gasteiger partial charge in [-0.2, -0.15) is 0 Å². The van der Waals surface area contributed by atoms with E-state index in [0.717, 1.165) is 25.6 Å². The van der Waals surface area contributed by atoms with Crippen LogP contribution >= 0.6 is 11.6 Å². The molecule has 2 aliphatic heterocycles. The zero-order valence-corrected chi connectivity index (χ0v) is 24.7. The molecule has 3 heterocycles. The van der Waals surface area contributed by atoms with Crippen LogP contribution in [0.4, 0.5) is 17.6 Å². The first-order valence-electron chi connectivity index (χ1n) is 14.5. The number of rotatable bonds is 10. The summed E-state index contributed by atoms with van der Waals surface area (Å²) in [4.78, 5) is 17.7. The number of Topliss-reactive ketones (excluding diaryl/α,β-unsaturated/α-hetero) is 1. The fraction of sp³-hybridized carbons (Fsp3) is 0.438. The van der Waals surface area contributed by atoms with Crippen molar-refractivity contribution in [1.82, 2.24) is 10.3 Å². The first kappa shape index (κ1) is 32.3. The lowest BCUT2D eigenvalue weighted by Crippen LogP contribution is -2.56. The smallest absolute Gasteiger partial charge is 0.406 e. The van der Waals surface area contributed by atoms with Gasteiger partial charge in [0.1, 0.15) is 11.6 Å². The van der Waals surface area contributed by atoms with Crippen LogP contribution < -0.4 is 15.8 Å². The van der Waals surface area contributed by atoms with Crippen molar-refractivity contribution in [2.75, 3.05) is 26.3 Å². The number of nitrogens with zero attached hydrogens (tertiary/aromatic N) is 1. The van der Waals surface area contributed by atoms with Gasteiger partial charge < -0.3 is 25.3 Å². The van der Waals surface area contributed by atoms with E-state index >= 15 is 4.39 Å². The summed E-state index contributed by atoms with van der Waals surface area (Å²) >= 11 is 6.07. The van der Waals surface area contributed by atoms with E-state index in [9.17, 15) is 18.0 Å². The number of hydrogen-bond donors (Lipinski definition) is 2. The number of hydrogen-bond acceptors (Lipinski definition) is 7. The summed E-state index contributed by atoms with van der Waals surface area (Å²) in [7, 11) is 0. The molecule has 2 fully saturated rings. The van der Waals surface area contributed by atoms with Crippen molar-refractivity contribution in [3.63, 3.8) is 0 Å². The summed E-state index contributed by atoms with van der Waals surface area (Å²) in [5.41, 5.74) is 7.94. The number of nitrogens with two attached hydrogens (primary N) is 1. The first-order valence-corrected chi connectivity index (χ1v) is 14.9. The van der Waals surface area contributed by atoms with Crippen molar-refractivity contribution in [1.29, 1.82) is 0 Å². The van der Waals surface area contributed by atoms with E-state index < -0.39 is 35.7 Å². The maximum Gasteiger partial charge on any atom is 0.573 e. The van der Waals surface area contributed by atoms with Gasteiger partial charge >= 0.3 is 6.36 Å². The van der Waals surface area contributed by atoms with Crippen LogP contribution in [-0.4, -0.2) is 61.2 Å². The molecule has 1 spiro atoms. The van der Waals surface area contributed by atoms with Crippen molar-refractivity contribution in [2.24, 2.45) is 5.73 Å². The van der Waals surface area contributed by atoms with Gasteiger partial charge in [0, 0.05) is 62.7 Å². The average Bonchev–Trinajstić information content (AvgIpc) is 2.98. The number of halogens is 5. The normalized spacial score (nSPS) is 19.8. The Bertz CT molecular complexity index is 1430. The van der Waals surface area contributed by atoms with Crippen LogP contribution in [0.25, 0.3) is 0 Å². The Labute approximate surface area is 258 Å². The predicted molar refractivity (Wildman–Crippen MR) is 156 cm³/mol. The molecular formula is C32H34ClF4N3O4. The second kappa shape index (κ2) is 13.9. The largest absolute Gasteiger partial charge is 0.573 e. The van der Waals surface area contributed by atoms with Gasteiger partial charge in [-0.1, -0.05) is 35.9 Å². The van der Waals surface area contributed by atoms with Crippen LogP contribution in [0.5, 0.6) is 5.75 Å². The molecule has 3 N–H and O–H groups in total. The molecule has 2 saturated heterocycles. The Balaban J connectivity index is 1.35. The van der Waals surface area contributed by atoms with E-state index in [2.05, 4.69) is 15.0 Å². The second-order valence-corrected chi connectivity index (χ2v) is 11.7. The number of nitrogens with one attached hydrogen (secondary N) is 1. The Hall–Kier alpha value is -3.09. The predicted octanol–water partition coefficient (Wildman–Crippen LogP) is 5.51. The number of benzene rings is 2. The third kappa shape index (κ3) is 8.13. The molecule has 3 atom stereocenters. The molecule has 44 heavy (non-hydrogen) atoms. The zero-order valence-electron chi connectivity index (χ0n) is 23.9. The van der Waals surface area contributed by atoms with E-state index in [0.29, 0.717) is 59.9 Å². The summed E-state index contributed by atoms with van der Waals surface area (Å²) in [5.74, 6) is -2.23. The number of alkyl halides is 3. The van der Waals surface area contributed by atoms with E-state index in [-0.39, 0.29) is 18.1 Å². The van der Waals surface area contributed by atoms with Gasteiger partial charge in [0.25, 0.3) is 0 Å². The molecule has 2 aliphatic rings. The second-order valence-electron chi connectivity index (χ2n) is 11.3. The van der Waals surface area contributed by atoms with Crippen molar-refractivity contribution >= 4 is 17.4 Å². The molecule has 5 rings (SSSR count). The minimum Gasteiger partial charge on any atom is -0.406 e. The number of ketones is 1. The molecule has 0 bridgehead atoms. The van der Waals surface area contributed by atoms with Crippen LogP contribution in [0.2, 0.25) is 5.02 Å². The fourth-order valence-electron chi connectivity index (χ4n) is 6.01. The van der Waals surface area contributed by atoms with Gasteiger partial charge in [0.15, 0.2) is 5.78 Å². The summed E-state index contributed by atoms with van der Waals surface area (Å²) in [6.45, 7) is 2.65. The van der Waals surface area contributed by atoms with Gasteiger partial charge in [0.2, 0.25) is 0 Å². The van der Waals surface area contributed by atoms with Gasteiger partial charge in [-0.15, -0.1) is 13.2 Å². The summed E-state index contributed by atoms with van der Waals surface area (Å²) in [6, 6.07) is 10.7. The highest BCUT2D eigenvalue weighted by molar-refractivity contribution is 6.30. The lowest BCUT2D eigenvalue weighted by atomic mass is 9.82. The number of pyridine rings is 1. The molecule has 0 radical (unpaired) electrons. The molecule has 12 heteroatoms. The molecular weight excluding hydrogens is 602 g/mol. The summed E-state index contributed by atoms with van der Waals surface area (Å²) in [5, 5.41) is 3.88. The van der Waals surface area contributed by atoms with E-state index in [1.165, 1.54) is 24.4 Å². The zero-order chi connectivity index (χ0) is 31.3. The Morgan fingerprint density at radius 3 is 2.61 bits per heavy atom. The van der Waals surface area contributed by atoms with Crippen LogP contribution in [0, 0.1) is 5.82 Å². The lowest BCUT2D eigenvalue weighted by Gasteiger charge is -2.44. The van der Waals surface area contributed by atoms with Crippen molar-refractivity contribution in [3.05, 3.63) is 94.0 Å². The van der Waals surface area contributed by atoms with Gasteiger partial charge in [-0.3, -0.25) is 9.78 Å². The monoisotopic (exact) mass is 635 g/mol. The van der Waals surface area contributed by atoms with Crippen molar-refractivity contribution in [2.45, 2.75) is 62.1 Å². The SMILES string of the molecule is N[C@H](C(=O)Cc1cncc(F)c1CC[C@@H]1CNCC2(CCOCC2)O1)[C@@H](c1ccc(Cl)cc1)c1cccc(OC(F)(F)F)c1. The first-order chi connectivity index (χ1) is 21.0. The molecule has 0 unspecified atom stereocenters. The van der Waals surface area contributed by atoms with E-state index in [1.54, 1.807) is 30.3 Å². The molecule has 0 aliphatic carbocycles. The van der Waals surface area contributed by atoms with E-state index in [1.807, 2.05) is 0 Å². The quantitative estimate of drug-likeness (QED) is 0.284. The number of carbonyl (C=O) groups is 1. The maximum absolute atomic E-state index is 15.1. The highest BCUT2D eigenvalue weighted by atomic mass is 35.5. The molecule has 0 saturated carbocycles. The van der Waals surface area contributed by atoms with Crippen molar-refractivity contribution in [3.8, 4) is 5.75 Å². The third-order valence-corrected chi connectivity index (χ3v) is 8.48. The van der Waals surface area contributed by atoms with E-state index in [4.69, 9.17) is 26.8 Å². The molecule has 0 amide bonds. The van der Waals surface area contributed by atoms with Crippen LogP contribution in [0.3, 0.4) is 0 Å². The van der Waals surface area contributed by atoms with Gasteiger partial charge in [0.05, 0.1) is 23.9 Å². The summed E-state index contributed by atoms with van der Waals surface area (Å²) in [6.07, 6.45) is -0.238. The van der Waals surface area contributed by atoms with Gasteiger partial charge in [-0.05, 0) is 59.4 Å².